The van der Waals surface area contributed by atoms with Crippen LogP contribution in [0.15, 0.2) is 30.3 Å². The first-order valence-corrected chi connectivity index (χ1v) is 9.07. The van der Waals surface area contributed by atoms with Gasteiger partial charge in [-0.1, -0.05) is 36.8 Å². The highest BCUT2D eigenvalue weighted by Crippen LogP contribution is 2.37. The number of aromatic nitrogens is 3. The van der Waals surface area contributed by atoms with Crippen LogP contribution in [0.2, 0.25) is 0 Å². The zero-order valence-corrected chi connectivity index (χ0v) is 14.6. The van der Waals surface area contributed by atoms with E-state index < -0.39 is 5.60 Å². The lowest BCUT2D eigenvalue weighted by molar-refractivity contribution is -0.142. The molecule has 1 aromatic heterocycles. The smallest absolute Gasteiger partial charge is 0.257 e. The number of carbonyl (C=O) groups is 1. The van der Waals surface area contributed by atoms with Crippen LogP contribution in [0.1, 0.15) is 55.2 Å². The van der Waals surface area contributed by atoms with Crippen molar-refractivity contribution < 1.29 is 9.53 Å². The molecule has 2 aliphatic rings. The Morgan fingerprint density at radius 1 is 1.28 bits per heavy atom. The van der Waals surface area contributed by atoms with Crippen LogP contribution in [0.5, 0.6) is 0 Å². The van der Waals surface area contributed by atoms with Crippen LogP contribution < -0.4 is 5.32 Å². The molecule has 2 aromatic rings. The summed E-state index contributed by atoms with van der Waals surface area (Å²) in [5.41, 5.74) is 0.0366. The number of amides is 1. The fourth-order valence-corrected chi connectivity index (χ4v) is 3.74. The molecule has 1 amide bonds. The highest BCUT2D eigenvalue weighted by Gasteiger charge is 2.44. The predicted octanol–water partition coefficient (Wildman–Crippen LogP) is 2.40. The minimum Gasteiger partial charge on any atom is -0.360 e. The van der Waals surface area contributed by atoms with Crippen molar-refractivity contribution in [1.29, 1.82) is 0 Å². The van der Waals surface area contributed by atoms with Crippen LogP contribution in [0.3, 0.4) is 0 Å². The zero-order chi connectivity index (χ0) is 17.3. The molecule has 1 aliphatic heterocycles. The molecule has 1 N–H and O–H groups in total. The van der Waals surface area contributed by atoms with Crippen molar-refractivity contribution in [2.45, 2.75) is 50.2 Å². The topological polar surface area (TPSA) is 69.0 Å². The van der Waals surface area contributed by atoms with Crippen molar-refractivity contribution in [3.63, 3.8) is 0 Å². The van der Waals surface area contributed by atoms with E-state index in [2.05, 4.69) is 15.5 Å². The molecule has 6 nitrogen and oxygen atoms in total. The van der Waals surface area contributed by atoms with Gasteiger partial charge in [0.15, 0.2) is 11.4 Å². The predicted molar refractivity (Wildman–Crippen MR) is 92.7 cm³/mol. The number of hydrogen-bond acceptors (Lipinski definition) is 4. The number of hydrogen-bond donors (Lipinski definition) is 1. The van der Waals surface area contributed by atoms with Gasteiger partial charge in [-0.05, 0) is 31.2 Å². The largest absolute Gasteiger partial charge is 0.360 e. The summed E-state index contributed by atoms with van der Waals surface area (Å²) in [5.74, 6) is 2.25. The van der Waals surface area contributed by atoms with E-state index >= 15 is 0 Å². The van der Waals surface area contributed by atoms with E-state index in [1.54, 1.807) is 0 Å². The minimum absolute atomic E-state index is 0.0932. The maximum Gasteiger partial charge on any atom is 0.257 e. The number of carbonyl (C=O) groups excluding carboxylic acids is 1. The summed E-state index contributed by atoms with van der Waals surface area (Å²) < 4.78 is 7.94. The summed E-state index contributed by atoms with van der Waals surface area (Å²) >= 11 is 0. The Kier molecular flexibility index (Phi) is 4.29. The Hall–Kier alpha value is -2.21. The van der Waals surface area contributed by atoms with Gasteiger partial charge in [-0.3, -0.25) is 4.79 Å². The van der Waals surface area contributed by atoms with Crippen molar-refractivity contribution in [3.05, 3.63) is 47.5 Å². The van der Waals surface area contributed by atoms with Gasteiger partial charge < -0.3 is 14.6 Å². The molecule has 0 radical (unpaired) electrons. The summed E-state index contributed by atoms with van der Waals surface area (Å²) in [6.45, 7) is 0.977. The number of ether oxygens (including phenoxy) is 1. The zero-order valence-electron chi connectivity index (χ0n) is 14.6. The van der Waals surface area contributed by atoms with E-state index in [-0.39, 0.29) is 5.91 Å². The highest BCUT2D eigenvalue weighted by molar-refractivity contribution is 5.86. The lowest BCUT2D eigenvalue weighted by Gasteiger charge is -2.27. The van der Waals surface area contributed by atoms with Gasteiger partial charge in [0.1, 0.15) is 5.82 Å². The first kappa shape index (κ1) is 16.3. The van der Waals surface area contributed by atoms with Gasteiger partial charge in [0.05, 0.1) is 6.54 Å². The molecule has 6 heteroatoms. The summed E-state index contributed by atoms with van der Waals surface area (Å²) in [4.78, 5) is 13.0. The second-order valence-corrected chi connectivity index (χ2v) is 6.99. The highest BCUT2D eigenvalue weighted by atomic mass is 16.5. The lowest BCUT2D eigenvalue weighted by Crippen LogP contribution is -2.44. The van der Waals surface area contributed by atoms with Gasteiger partial charge in [-0.2, -0.15) is 0 Å². The van der Waals surface area contributed by atoms with E-state index in [4.69, 9.17) is 4.74 Å². The maximum atomic E-state index is 13.0. The van der Waals surface area contributed by atoms with E-state index in [0.29, 0.717) is 25.5 Å². The molecule has 1 atom stereocenters. The van der Waals surface area contributed by atoms with Crippen LogP contribution in [-0.4, -0.2) is 27.3 Å². The number of nitrogens with zero attached hydrogens (tertiary/aromatic N) is 3. The van der Waals surface area contributed by atoms with Gasteiger partial charge in [0, 0.05) is 19.6 Å². The van der Waals surface area contributed by atoms with Crippen LogP contribution in [0, 0.1) is 0 Å². The van der Waals surface area contributed by atoms with Crippen LogP contribution in [-0.2, 0) is 28.7 Å². The van der Waals surface area contributed by atoms with Crippen molar-refractivity contribution in [2.75, 3.05) is 6.61 Å². The maximum absolute atomic E-state index is 13.0. The summed E-state index contributed by atoms with van der Waals surface area (Å²) in [7, 11) is 1.98. The number of nitrogens with one attached hydrogen (secondary N) is 1. The molecule has 1 saturated heterocycles. The summed E-state index contributed by atoms with van der Waals surface area (Å²) in [6, 6.07) is 9.76. The lowest BCUT2D eigenvalue weighted by atomic mass is 9.85. The fourth-order valence-electron chi connectivity index (χ4n) is 3.74. The Morgan fingerprint density at radius 3 is 2.72 bits per heavy atom. The van der Waals surface area contributed by atoms with Crippen molar-refractivity contribution in [1.82, 2.24) is 20.1 Å². The fraction of sp³-hybridized carbons (Fsp3) is 0.526. The molecule has 2 heterocycles. The first-order chi connectivity index (χ1) is 12.2. The number of rotatable bonds is 5. The normalized spacial score (nSPS) is 23.4. The van der Waals surface area contributed by atoms with Crippen molar-refractivity contribution in [3.8, 4) is 0 Å². The van der Waals surface area contributed by atoms with Gasteiger partial charge in [0.25, 0.3) is 5.91 Å². The second kappa shape index (κ2) is 6.59. The third-order valence-corrected chi connectivity index (χ3v) is 5.50. The molecule has 25 heavy (non-hydrogen) atoms. The van der Waals surface area contributed by atoms with Crippen LogP contribution in [0.25, 0.3) is 0 Å². The average Bonchev–Trinajstić information content (AvgIpc) is 3.22. The first-order valence-electron chi connectivity index (χ1n) is 9.07. The van der Waals surface area contributed by atoms with Crippen molar-refractivity contribution in [2.24, 2.45) is 7.05 Å². The minimum atomic E-state index is -0.878. The molecule has 1 aromatic carbocycles. The molecule has 1 aliphatic carbocycles. The standard InChI is InChI=1S/C19H24N4O2/c1-23-16(21-22-17(23)14-7-5-8-14)13-20-18(24)19(11-6-12-25-19)15-9-3-2-4-10-15/h2-4,9-10,14H,5-8,11-13H2,1H3,(H,20,24). The Balaban J connectivity index is 1.48. The molecule has 1 saturated carbocycles. The third-order valence-electron chi connectivity index (χ3n) is 5.50. The molecule has 2 fully saturated rings. The SMILES string of the molecule is Cn1c(CNC(=O)C2(c3ccccc3)CCCO2)nnc1C1CCC1. The van der Waals surface area contributed by atoms with E-state index in [1.807, 2.05) is 41.9 Å². The molecule has 0 spiro atoms. The summed E-state index contributed by atoms with van der Waals surface area (Å²) in [5, 5.41) is 11.6. The van der Waals surface area contributed by atoms with E-state index in [0.717, 1.165) is 23.6 Å². The quantitative estimate of drug-likeness (QED) is 0.907. The molecule has 0 bridgehead atoms. The summed E-state index contributed by atoms with van der Waals surface area (Å²) in [6.07, 6.45) is 5.22. The van der Waals surface area contributed by atoms with Crippen LogP contribution >= 0.6 is 0 Å². The molecule has 1 unspecified atom stereocenters. The molecule has 4 rings (SSSR count). The van der Waals surface area contributed by atoms with E-state index in [9.17, 15) is 4.79 Å². The molecular weight excluding hydrogens is 316 g/mol. The Morgan fingerprint density at radius 2 is 2.08 bits per heavy atom. The second-order valence-electron chi connectivity index (χ2n) is 6.99. The van der Waals surface area contributed by atoms with Crippen molar-refractivity contribution >= 4 is 5.91 Å². The monoisotopic (exact) mass is 340 g/mol. The van der Waals surface area contributed by atoms with Gasteiger partial charge in [-0.25, -0.2) is 0 Å². The Labute approximate surface area is 147 Å². The molecule has 132 valence electrons. The van der Waals surface area contributed by atoms with Crippen LogP contribution in [0.4, 0.5) is 0 Å². The third kappa shape index (κ3) is 2.84. The van der Waals surface area contributed by atoms with E-state index in [1.165, 1.54) is 19.3 Å². The number of benzene rings is 1. The molecular formula is C19H24N4O2. The Bertz CT molecular complexity index is 746. The van der Waals surface area contributed by atoms with Gasteiger partial charge in [-0.15, -0.1) is 10.2 Å². The van der Waals surface area contributed by atoms with Gasteiger partial charge in [0.2, 0.25) is 0 Å². The average molecular weight is 340 g/mol. The van der Waals surface area contributed by atoms with Gasteiger partial charge >= 0.3 is 0 Å².